The average Bonchev–Trinajstić information content (AvgIpc) is 3.30. The zero-order chi connectivity index (χ0) is 15.9. The second kappa shape index (κ2) is 5.70. The summed E-state index contributed by atoms with van der Waals surface area (Å²) in [5.74, 6) is 0.690. The number of pyridine rings is 1. The molecule has 0 spiro atoms. The van der Waals surface area contributed by atoms with E-state index in [0.717, 1.165) is 22.7 Å². The Hall–Kier alpha value is -1.34. The van der Waals surface area contributed by atoms with Gasteiger partial charge in [-0.25, -0.2) is 0 Å². The van der Waals surface area contributed by atoms with Gasteiger partial charge >= 0.3 is 0 Å². The van der Waals surface area contributed by atoms with Crippen molar-refractivity contribution in [3.05, 3.63) is 52.3 Å². The van der Waals surface area contributed by atoms with E-state index in [9.17, 15) is 0 Å². The maximum absolute atomic E-state index is 6.50. The fourth-order valence-electron chi connectivity index (χ4n) is 2.84. The predicted octanol–water partition coefficient (Wildman–Crippen LogP) is 6.14. The Labute approximate surface area is 138 Å². The van der Waals surface area contributed by atoms with Crippen LogP contribution in [0.1, 0.15) is 63.4 Å². The van der Waals surface area contributed by atoms with Crippen molar-refractivity contribution < 1.29 is 0 Å². The zero-order valence-corrected chi connectivity index (χ0v) is 14.7. The molecular weight excluding hydrogens is 290 g/mol. The standard InChI is InChI=1S/C20H24ClN/c1-5-18-15(9-11-19(22-18)13-6-7-13)16-12-14(20(2,3)4)8-10-17(16)21/h8-13H,5-7H2,1-4H3. The van der Waals surface area contributed by atoms with Gasteiger partial charge in [-0.3, -0.25) is 4.98 Å². The molecular formula is C20H24ClN. The fourth-order valence-corrected chi connectivity index (χ4v) is 3.06. The first-order valence-electron chi connectivity index (χ1n) is 8.20. The van der Waals surface area contributed by atoms with Crippen molar-refractivity contribution in [3.63, 3.8) is 0 Å². The topological polar surface area (TPSA) is 12.9 Å². The first-order chi connectivity index (χ1) is 10.4. The van der Waals surface area contributed by atoms with E-state index in [0.29, 0.717) is 5.92 Å². The molecule has 0 radical (unpaired) electrons. The quantitative estimate of drug-likeness (QED) is 0.663. The number of aryl methyl sites for hydroxylation is 1. The highest BCUT2D eigenvalue weighted by atomic mass is 35.5. The number of rotatable bonds is 3. The molecule has 0 aliphatic heterocycles. The molecule has 0 amide bonds. The van der Waals surface area contributed by atoms with Gasteiger partial charge in [-0.1, -0.05) is 51.4 Å². The van der Waals surface area contributed by atoms with Gasteiger partial charge in [0.1, 0.15) is 0 Å². The molecule has 0 unspecified atom stereocenters. The highest BCUT2D eigenvalue weighted by molar-refractivity contribution is 6.33. The summed E-state index contributed by atoms with van der Waals surface area (Å²) in [5.41, 5.74) is 6.14. The second-order valence-corrected chi connectivity index (χ2v) is 7.71. The maximum atomic E-state index is 6.50. The smallest absolute Gasteiger partial charge is 0.0485 e. The van der Waals surface area contributed by atoms with Gasteiger partial charge in [-0.15, -0.1) is 0 Å². The number of hydrogen-bond acceptors (Lipinski definition) is 1. The molecule has 116 valence electrons. The van der Waals surface area contributed by atoms with Gasteiger partial charge < -0.3 is 0 Å². The van der Waals surface area contributed by atoms with E-state index >= 15 is 0 Å². The van der Waals surface area contributed by atoms with Gasteiger partial charge in [-0.2, -0.15) is 0 Å². The summed E-state index contributed by atoms with van der Waals surface area (Å²) in [4.78, 5) is 4.90. The van der Waals surface area contributed by atoms with Gasteiger partial charge in [-0.05, 0) is 48.4 Å². The molecule has 1 aromatic carbocycles. The Kier molecular flexibility index (Phi) is 4.03. The number of benzene rings is 1. The normalized spacial score (nSPS) is 15.1. The molecule has 2 heteroatoms. The number of halogens is 1. The number of nitrogens with zero attached hydrogens (tertiary/aromatic N) is 1. The highest BCUT2D eigenvalue weighted by Crippen LogP contribution is 2.41. The molecule has 1 aliphatic rings. The van der Waals surface area contributed by atoms with Crippen molar-refractivity contribution in [1.29, 1.82) is 0 Å². The molecule has 22 heavy (non-hydrogen) atoms. The SMILES string of the molecule is CCc1nc(C2CC2)ccc1-c1cc(C(C)(C)C)ccc1Cl. The summed E-state index contributed by atoms with van der Waals surface area (Å²) in [6.07, 6.45) is 3.51. The van der Waals surface area contributed by atoms with Crippen molar-refractivity contribution in [1.82, 2.24) is 4.98 Å². The molecule has 3 rings (SSSR count). The lowest BCUT2D eigenvalue weighted by atomic mass is 9.85. The molecule has 2 aromatic rings. The average molecular weight is 314 g/mol. The maximum Gasteiger partial charge on any atom is 0.0485 e. The van der Waals surface area contributed by atoms with Crippen molar-refractivity contribution in [2.24, 2.45) is 0 Å². The Morgan fingerprint density at radius 1 is 1.09 bits per heavy atom. The fraction of sp³-hybridized carbons (Fsp3) is 0.450. The third-order valence-corrected chi connectivity index (χ3v) is 4.78. The highest BCUT2D eigenvalue weighted by Gasteiger charge is 2.26. The molecule has 1 fully saturated rings. The first kappa shape index (κ1) is 15.6. The van der Waals surface area contributed by atoms with Crippen molar-refractivity contribution in [3.8, 4) is 11.1 Å². The van der Waals surface area contributed by atoms with E-state index < -0.39 is 0 Å². The second-order valence-electron chi connectivity index (χ2n) is 7.30. The van der Waals surface area contributed by atoms with Crippen LogP contribution in [0.2, 0.25) is 5.02 Å². The molecule has 0 N–H and O–H groups in total. The monoisotopic (exact) mass is 313 g/mol. The lowest BCUT2D eigenvalue weighted by Gasteiger charge is -2.21. The summed E-state index contributed by atoms with van der Waals surface area (Å²) in [6, 6.07) is 10.8. The number of aromatic nitrogens is 1. The molecule has 1 heterocycles. The van der Waals surface area contributed by atoms with Crippen LogP contribution in [0.15, 0.2) is 30.3 Å². The Balaban J connectivity index is 2.10. The lowest BCUT2D eigenvalue weighted by Crippen LogP contribution is -2.11. The number of hydrogen-bond donors (Lipinski definition) is 0. The van der Waals surface area contributed by atoms with Crippen molar-refractivity contribution in [2.45, 2.75) is 58.3 Å². The largest absolute Gasteiger partial charge is 0.257 e. The van der Waals surface area contributed by atoms with Crippen LogP contribution in [-0.2, 0) is 11.8 Å². The summed E-state index contributed by atoms with van der Waals surface area (Å²) in [6.45, 7) is 8.86. The van der Waals surface area contributed by atoms with Crippen LogP contribution in [0.3, 0.4) is 0 Å². The summed E-state index contributed by atoms with van der Waals surface area (Å²) in [5, 5.41) is 0.809. The third-order valence-electron chi connectivity index (χ3n) is 4.45. The van der Waals surface area contributed by atoms with Crippen LogP contribution in [0, 0.1) is 0 Å². The lowest BCUT2D eigenvalue weighted by molar-refractivity contribution is 0.590. The van der Waals surface area contributed by atoms with Crippen LogP contribution in [-0.4, -0.2) is 4.98 Å². The molecule has 0 saturated heterocycles. The summed E-state index contributed by atoms with van der Waals surface area (Å²) in [7, 11) is 0. The van der Waals surface area contributed by atoms with Crippen LogP contribution < -0.4 is 0 Å². The van der Waals surface area contributed by atoms with Gasteiger partial charge in [0, 0.05) is 33.5 Å². The van der Waals surface area contributed by atoms with Crippen LogP contribution in [0.5, 0.6) is 0 Å². The van der Waals surface area contributed by atoms with Crippen LogP contribution in [0.4, 0.5) is 0 Å². The Morgan fingerprint density at radius 3 is 2.41 bits per heavy atom. The van der Waals surface area contributed by atoms with E-state index in [1.54, 1.807) is 0 Å². The molecule has 1 nitrogen and oxygen atoms in total. The van der Waals surface area contributed by atoms with Crippen LogP contribution >= 0.6 is 11.6 Å². The predicted molar refractivity (Wildman–Crippen MR) is 94.7 cm³/mol. The van der Waals surface area contributed by atoms with Gasteiger partial charge in [0.15, 0.2) is 0 Å². The van der Waals surface area contributed by atoms with E-state index in [-0.39, 0.29) is 5.41 Å². The molecule has 1 aromatic heterocycles. The minimum absolute atomic E-state index is 0.118. The van der Waals surface area contributed by atoms with Crippen molar-refractivity contribution >= 4 is 11.6 Å². The first-order valence-corrected chi connectivity index (χ1v) is 8.58. The van der Waals surface area contributed by atoms with Gasteiger partial charge in [0.05, 0.1) is 0 Å². The Morgan fingerprint density at radius 2 is 1.82 bits per heavy atom. The van der Waals surface area contributed by atoms with Gasteiger partial charge in [0.2, 0.25) is 0 Å². The third kappa shape index (κ3) is 3.05. The summed E-state index contributed by atoms with van der Waals surface area (Å²) >= 11 is 6.50. The molecule has 0 bridgehead atoms. The van der Waals surface area contributed by atoms with E-state index in [1.807, 2.05) is 6.07 Å². The minimum atomic E-state index is 0.118. The van der Waals surface area contributed by atoms with E-state index in [2.05, 4.69) is 52.0 Å². The van der Waals surface area contributed by atoms with Gasteiger partial charge in [0.25, 0.3) is 0 Å². The zero-order valence-electron chi connectivity index (χ0n) is 13.9. The molecule has 1 saturated carbocycles. The Bertz CT molecular complexity index is 693. The summed E-state index contributed by atoms with van der Waals surface area (Å²) < 4.78 is 0. The van der Waals surface area contributed by atoms with Crippen LogP contribution in [0.25, 0.3) is 11.1 Å². The molecule has 1 aliphatic carbocycles. The van der Waals surface area contributed by atoms with E-state index in [4.69, 9.17) is 16.6 Å². The molecule has 0 atom stereocenters. The minimum Gasteiger partial charge on any atom is -0.257 e. The van der Waals surface area contributed by atoms with Crippen molar-refractivity contribution in [2.75, 3.05) is 0 Å². The van der Waals surface area contributed by atoms with E-state index in [1.165, 1.54) is 29.7 Å².